The van der Waals surface area contributed by atoms with Crippen molar-refractivity contribution in [2.75, 3.05) is 0 Å². The summed E-state index contributed by atoms with van der Waals surface area (Å²) < 4.78 is 5.01. The average Bonchev–Trinajstić information content (AvgIpc) is 3.37. The number of aryl methyl sites for hydroxylation is 3. The van der Waals surface area contributed by atoms with Crippen molar-refractivity contribution in [1.82, 2.24) is 4.57 Å². The number of nitrogens with zero attached hydrogens (tertiary/aromatic N) is 2. The van der Waals surface area contributed by atoms with Crippen LogP contribution in [0.3, 0.4) is 0 Å². The molecule has 0 N–H and O–H groups in total. The third-order valence-electron chi connectivity index (χ3n) is 8.19. The highest BCUT2D eigenvalue weighted by Gasteiger charge is 2.33. The highest BCUT2D eigenvalue weighted by molar-refractivity contribution is 5.90. The summed E-state index contributed by atoms with van der Waals surface area (Å²) in [6.45, 7) is 13.8. The van der Waals surface area contributed by atoms with Gasteiger partial charge in [0.1, 0.15) is 5.69 Å². The lowest BCUT2D eigenvalue weighted by Crippen LogP contribution is -2.30. The maximum atomic E-state index is 2.59. The predicted molar refractivity (Wildman–Crippen MR) is 156 cm³/mol. The minimum Gasteiger partial charge on any atom is -0.225 e. The molecule has 2 heteroatoms. The first-order valence-corrected chi connectivity index (χ1v) is 13.6. The van der Waals surface area contributed by atoms with E-state index in [1.54, 1.807) is 0 Å². The van der Waals surface area contributed by atoms with Crippen LogP contribution >= 0.6 is 0 Å². The topological polar surface area (TPSA) is 8.81 Å². The van der Waals surface area contributed by atoms with Gasteiger partial charge in [0, 0.05) is 11.1 Å². The summed E-state index contributed by atoms with van der Waals surface area (Å²) in [5, 5.41) is 0. The normalized spacial score (nSPS) is 12.6. The summed E-state index contributed by atoms with van der Waals surface area (Å²) in [6, 6.07) is 27.4. The van der Waals surface area contributed by atoms with Crippen LogP contribution in [0.25, 0.3) is 39.2 Å². The second-order valence-electron chi connectivity index (χ2n) is 11.5. The van der Waals surface area contributed by atoms with E-state index in [4.69, 9.17) is 0 Å². The van der Waals surface area contributed by atoms with E-state index in [0.29, 0.717) is 11.8 Å². The molecule has 6 rings (SSSR count). The zero-order chi connectivity index (χ0) is 26.0. The van der Waals surface area contributed by atoms with Crippen LogP contribution in [0, 0.1) is 13.8 Å². The summed E-state index contributed by atoms with van der Waals surface area (Å²) in [6.07, 6.45) is 1.01. The van der Waals surface area contributed by atoms with Gasteiger partial charge in [0.25, 0.3) is 5.82 Å². The number of benzene rings is 4. The van der Waals surface area contributed by atoms with E-state index in [9.17, 15) is 0 Å². The molecule has 1 aliphatic carbocycles. The fourth-order valence-corrected chi connectivity index (χ4v) is 6.31. The Kier molecular flexibility index (Phi) is 5.60. The van der Waals surface area contributed by atoms with Crippen molar-refractivity contribution in [2.24, 2.45) is 7.05 Å². The molecular weight excluding hydrogens is 448 g/mol. The Morgan fingerprint density at radius 3 is 1.97 bits per heavy atom. The molecule has 1 aliphatic rings. The summed E-state index contributed by atoms with van der Waals surface area (Å²) in [4.78, 5) is 0. The summed E-state index contributed by atoms with van der Waals surface area (Å²) >= 11 is 0. The Morgan fingerprint density at radius 1 is 0.703 bits per heavy atom. The van der Waals surface area contributed by atoms with E-state index in [1.165, 1.54) is 72.6 Å². The molecule has 186 valence electrons. The first-order valence-electron chi connectivity index (χ1n) is 13.6. The Bertz CT molecular complexity index is 1650. The van der Waals surface area contributed by atoms with Crippen LogP contribution in [-0.2, 0) is 13.5 Å². The van der Waals surface area contributed by atoms with Crippen molar-refractivity contribution >= 4 is 11.0 Å². The van der Waals surface area contributed by atoms with Crippen molar-refractivity contribution in [3.8, 4) is 28.2 Å². The third kappa shape index (κ3) is 3.65. The highest BCUT2D eigenvalue weighted by Crippen LogP contribution is 2.42. The maximum absolute atomic E-state index is 2.59. The Hall–Kier alpha value is -3.65. The summed E-state index contributed by atoms with van der Waals surface area (Å²) in [5.41, 5.74) is 16.3. The van der Waals surface area contributed by atoms with Crippen LogP contribution in [0.5, 0.6) is 0 Å². The van der Waals surface area contributed by atoms with E-state index in [1.807, 2.05) is 0 Å². The van der Waals surface area contributed by atoms with Crippen molar-refractivity contribution in [3.63, 3.8) is 0 Å². The first-order chi connectivity index (χ1) is 17.8. The molecule has 4 aromatic carbocycles. The van der Waals surface area contributed by atoms with E-state index in [2.05, 4.69) is 131 Å². The lowest BCUT2D eigenvalue weighted by atomic mass is 9.90. The van der Waals surface area contributed by atoms with Crippen LogP contribution in [0.1, 0.15) is 72.9 Å². The van der Waals surface area contributed by atoms with E-state index in [-0.39, 0.29) is 0 Å². The molecule has 0 radical (unpaired) electrons. The zero-order valence-corrected chi connectivity index (χ0v) is 23.2. The molecule has 0 atom stereocenters. The standard InChI is InChI=1S/C35H37N2/c1-21(2)29-16-23(5)17-30(22(3)4)34(29)37-33-20-31-26(18-25-13-9-11-15-28(25)31)19-32(33)36(7)35(37)27-14-10-8-12-24(27)6/h8-17,19-22H,18H2,1-7H3/q+1. The molecule has 0 fully saturated rings. The van der Waals surface area contributed by atoms with E-state index in [0.717, 1.165) is 6.42 Å². The molecule has 0 aliphatic heterocycles. The van der Waals surface area contributed by atoms with Gasteiger partial charge in [-0.3, -0.25) is 0 Å². The Balaban J connectivity index is 1.81. The van der Waals surface area contributed by atoms with Crippen LogP contribution in [0.15, 0.2) is 72.8 Å². The van der Waals surface area contributed by atoms with E-state index >= 15 is 0 Å². The highest BCUT2D eigenvalue weighted by atomic mass is 15.2. The van der Waals surface area contributed by atoms with Gasteiger partial charge in [0.15, 0.2) is 11.0 Å². The van der Waals surface area contributed by atoms with Gasteiger partial charge in [0.05, 0.1) is 12.6 Å². The van der Waals surface area contributed by atoms with Crippen LogP contribution in [0.4, 0.5) is 0 Å². The first kappa shape index (κ1) is 23.7. The zero-order valence-electron chi connectivity index (χ0n) is 23.2. The van der Waals surface area contributed by atoms with Gasteiger partial charge in [-0.25, -0.2) is 4.57 Å². The minimum atomic E-state index is 0.412. The largest absolute Gasteiger partial charge is 0.295 e. The lowest BCUT2D eigenvalue weighted by Gasteiger charge is -2.20. The molecular formula is C35H37N2+. The lowest BCUT2D eigenvalue weighted by molar-refractivity contribution is -0.633. The molecule has 0 saturated heterocycles. The third-order valence-corrected chi connectivity index (χ3v) is 8.19. The molecule has 0 saturated carbocycles. The molecule has 0 unspecified atom stereocenters. The second kappa shape index (κ2) is 8.73. The van der Waals surface area contributed by atoms with Crippen LogP contribution < -0.4 is 4.57 Å². The molecule has 5 aromatic rings. The SMILES string of the molecule is Cc1cc(C(C)C)c(-n2c(-c3ccccc3C)[n+](C)c3cc4c(cc32)-c2ccccc2C4)c(C(C)C)c1. The Labute approximate surface area is 221 Å². The molecule has 2 nitrogen and oxygen atoms in total. The number of aromatic nitrogens is 2. The molecule has 0 bridgehead atoms. The van der Waals surface area contributed by atoms with Crippen molar-refractivity contribution in [2.45, 2.75) is 59.8 Å². The minimum absolute atomic E-state index is 0.412. The van der Waals surface area contributed by atoms with Crippen molar-refractivity contribution in [3.05, 3.63) is 106 Å². The van der Waals surface area contributed by atoms with Gasteiger partial charge >= 0.3 is 0 Å². The smallest absolute Gasteiger partial charge is 0.225 e. The number of hydrogen-bond acceptors (Lipinski definition) is 0. The van der Waals surface area contributed by atoms with Crippen LogP contribution in [0.2, 0.25) is 0 Å². The van der Waals surface area contributed by atoms with Crippen LogP contribution in [-0.4, -0.2) is 4.57 Å². The molecule has 1 aromatic heterocycles. The second-order valence-corrected chi connectivity index (χ2v) is 11.5. The monoisotopic (exact) mass is 485 g/mol. The molecule has 1 heterocycles. The fraction of sp³-hybridized carbons (Fsp3) is 0.286. The predicted octanol–water partition coefficient (Wildman–Crippen LogP) is 8.56. The number of hydrogen-bond donors (Lipinski definition) is 0. The number of fused-ring (bicyclic) bond motifs is 4. The van der Waals surface area contributed by atoms with E-state index < -0.39 is 0 Å². The van der Waals surface area contributed by atoms with Gasteiger partial charge in [-0.15, -0.1) is 0 Å². The van der Waals surface area contributed by atoms with Crippen molar-refractivity contribution in [1.29, 1.82) is 0 Å². The molecule has 0 amide bonds. The quantitative estimate of drug-likeness (QED) is 0.221. The maximum Gasteiger partial charge on any atom is 0.295 e. The molecule has 0 spiro atoms. The fourth-order valence-electron chi connectivity index (χ4n) is 6.31. The van der Waals surface area contributed by atoms with Gasteiger partial charge < -0.3 is 0 Å². The Morgan fingerprint density at radius 2 is 1.32 bits per heavy atom. The average molecular weight is 486 g/mol. The molecule has 37 heavy (non-hydrogen) atoms. The number of rotatable bonds is 4. The van der Waals surface area contributed by atoms with Gasteiger partial charge in [0.2, 0.25) is 0 Å². The van der Waals surface area contributed by atoms with Gasteiger partial charge in [-0.1, -0.05) is 87.9 Å². The van der Waals surface area contributed by atoms with Crippen molar-refractivity contribution < 1.29 is 4.57 Å². The summed E-state index contributed by atoms with van der Waals surface area (Å²) in [7, 11) is 2.24. The van der Waals surface area contributed by atoms with Gasteiger partial charge in [-0.05, 0) is 78.1 Å². The van der Waals surface area contributed by atoms with Gasteiger partial charge in [-0.2, -0.15) is 4.57 Å². The summed E-state index contributed by atoms with van der Waals surface area (Å²) in [5.74, 6) is 2.07. The number of imidazole rings is 1.